The first-order valence-corrected chi connectivity index (χ1v) is 6.21. The summed E-state index contributed by atoms with van der Waals surface area (Å²) >= 11 is 0. The highest BCUT2D eigenvalue weighted by molar-refractivity contribution is 5.69. The van der Waals surface area contributed by atoms with Crippen LogP contribution in [-0.4, -0.2) is 30.4 Å². The van der Waals surface area contributed by atoms with Crippen molar-refractivity contribution in [1.82, 2.24) is 0 Å². The molecule has 0 aliphatic rings. The third-order valence-electron chi connectivity index (χ3n) is 2.41. The molecule has 0 unspecified atom stereocenters. The van der Waals surface area contributed by atoms with Crippen molar-refractivity contribution in [1.29, 1.82) is 0 Å². The average Bonchev–Trinajstić information content (AvgIpc) is 2.32. The Labute approximate surface area is 108 Å². The molecule has 4 nitrogen and oxygen atoms in total. The van der Waals surface area contributed by atoms with Crippen LogP contribution < -0.4 is 4.74 Å². The number of carbonyl (C=O) groups excluding carboxylic acids is 1. The summed E-state index contributed by atoms with van der Waals surface area (Å²) in [5.74, 6) is 0.442. The maximum absolute atomic E-state index is 11.2. The molecule has 0 aliphatic carbocycles. The van der Waals surface area contributed by atoms with E-state index in [1.165, 1.54) is 0 Å². The third-order valence-corrected chi connectivity index (χ3v) is 2.41. The quantitative estimate of drug-likeness (QED) is 0.753. The van der Waals surface area contributed by atoms with Gasteiger partial charge in [0.15, 0.2) is 0 Å². The minimum Gasteiger partial charge on any atom is -0.494 e. The molecular formula is C14H20O4. The zero-order chi connectivity index (χ0) is 13.4. The summed E-state index contributed by atoms with van der Waals surface area (Å²) in [6.45, 7) is 4.65. The molecule has 4 heteroatoms. The molecule has 0 spiro atoms. The van der Waals surface area contributed by atoms with E-state index in [9.17, 15) is 9.90 Å². The highest BCUT2D eigenvalue weighted by Crippen LogP contribution is 2.14. The number of rotatable bonds is 7. The molecule has 1 atom stereocenters. The molecule has 0 aliphatic heterocycles. The molecule has 1 aromatic rings. The maximum Gasteiger partial charge on any atom is 0.308 e. The number of hydrogen-bond donors (Lipinski definition) is 1. The van der Waals surface area contributed by atoms with Gasteiger partial charge in [-0.05, 0) is 38.0 Å². The third kappa shape index (κ3) is 5.19. The summed E-state index contributed by atoms with van der Waals surface area (Å²) < 4.78 is 10.1. The van der Waals surface area contributed by atoms with E-state index in [0.29, 0.717) is 19.6 Å². The van der Waals surface area contributed by atoms with Gasteiger partial charge in [0.2, 0.25) is 0 Å². The molecule has 18 heavy (non-hydrogen) atoms. The lowest BCUT2D eigenvalue weighted by molar-refractivity contribution is -0.145. The van der Waals surface area contributed by atoms with Crippen LogP contribution in [0.5, 0.6) is 5.75 Å². The van der Waals surface area contributed by atoms with Crippen LogP contribution in [0, 0.1) is 0 Å². The Balaban J connectivity index is 2.43. The van der Waals surface area contributed by atoms with Crippen molar-refractivity contribution >= 4 is 5.97 Å². The number of hydrogen-bond acceptors (Lipinski definition) is 4. The van der Waals surface area contributed by atoms with Gasteiger partial charge in [0.1, 0.15) is 5.75 Å². The predicted molar refractivity (Wildman–Crippen MR) is 68.6 cm³/mol. The van der Waals surface area contributed by atoms with Crippen LogP contribution in [0.15, 0.2) is 24.3 Å². The van der Waals surface area contributed by atoms with Crippen LogP contribution in [0.2, 0.25) is 0 Å². The van der Waals surface area contributed by atoms with Crippen molar-refractivity contribution in [3.05, 3.63) is 29.8 Å². The van der Waals surface area contributed by atoms with Crippen molar-refractivity contribution in [2.75, 3.05) is 13.2 Å². The number of esters is 1. The van der Waals surface area contributed by atoms with Crippen LogP contribution in [0.4, 0.5) is 0 Å². The first-order valence-electron chi connectivity index (χ1n) is 6.21. The summed E-state index contributed by atoms with van der Waals surface area (Å²) in [7, 11) is 0. The van der Waals surface area contributed by atoms with E-state index in [0.717, 1.165) is 11.3 Å². The van der Waals surface area contributed by atoms with Gasteiger partial charge in [-0.3, -0.25) is 4.79 Å². The van der Waals surface area contributed by atoms with Gasteiger partial charge < -0.3 is 14.6 Å². The minimum absolute atomic E-state index is 0.0288. The molecule has 0 fully saturated rings. The summed E-state index contributed by atoms with van der Waals surface area (Å²) in [5, 5.41) is 9.74. The molecule has 1 aromatic carbocycles. The van der Waals surface area contributed by atoms with E-state index >= 15 is 0 Å². The van der Waals surface area contributed by atoms with Crippen LogP contribution in [-0.2, 0) is 16.0 Å². The van der Waals surface area contributed by atoms with Crippen LogP contribution in [0.3, 0.4) is 0 Å². The highest BCUT2D eigenvalue weighted by atomic mass is 16.5. The standard InChI is InChI=1S/C14H20O4/c1-3-17-13-7-5-11(6-8-13)9-12(15)10-14(16)18-4-2/h5-8,12,15H,3-4,9-10H2,1-2H3/t12-/m0/s1. The smallest absolute Gasteiger partial charge is 0.308 e. The van der Waals surface area contributed by atoms with Crippen LogP contribution in [0.25, 0.3) is 0 Å². The van der Waals surface area contributed by atoms with E-state index in [-0.39, 0.29) is 12.4 Å². The lowest BCUT2D eigenvalue weighted by atomic mass is 10.1. The largest absolute Gasteiger partial charge is 0.494 e. The van der Waals surface area contributed by atoms with Crippen molar-refractivity contribution in [3.8, 4) is 5.75 Å². The van der Waals surface area contributed by atoms with E-state index in [2.05, 4.69) is 0 Å². The summed E-state index contributed by atoms with van der Waals surface area (Å²) in [6.07, 6.45) is -0.242. The van der Waals surface area contributed by atoms with E-state index < -0.39 is 6.10 Å². The Morgan fingerprint density at radius 2 is 1.89 bits per heavy atom. The summed E-state index contributed by atoms with van der Waals surface area (Å²) in [5.41, 5.74) is 0.968. The first kappa shape index (κ1) is 14.5. The lowest BCUT2D eigenvalue weighted by Gasteiger charge is -2.10. The molecule has 0 bridgehead atoms. The second-order valence-electron chi connectivity index (χ2n) is 3.94. The fourth-order valence-electron chi connectivity index (χ4n) is 1.64. The summed E-state index contributed by atoms with van der Waals surface area (Å²) in [4.78, 5) is 11.2. The minimum atomic E-state index is -0.706. The van der Waals surface area contributed by atoms with E-state index in [1.54, 1.807) is 6.92 Å². The van der Waals surface area contributed by atoms with Crippen molar-refractivity contribution in [2.45, 2.75) is 32.8 Å². The number of aliphatic hydroxyl groups is 1. The number of carbonyl (C=O) groups is 1. The normalized spacial score (nSPS) is 11.9. The Morgan fingerprint density at radius 1 is 1.22 bits per heavy atom. The van der Waals surface area contributed by atoms with Crippen LogP contribution >= 0.6 is 0 Å². The molecule has 0 aromatic heterocycles. The zero-order valence-corrected chi connectivity index (χ0v) is 10.9. The number of ether oxygens (including phenoxy) is 2. The Hall–Kier alpha value is -1.55. The fourth-order valence-corrected chi connectivity index (χ4v) is 1.64. The molecule has 0 saturated carbocycles. The van der Waals surface area contributed by atoms with Crippen molar-refractivity contribution < 1.29 is 19.4 Å². The van der Waals surface area contributed by atoms with Gasteiger partial charge in [-0.15, -0.1) is 0 Å². The molecule has 0 heterocycles. The second kappa shape index (κ2) is 7.71. The lowest BCUT2D eigenvalue weighted by Crippen LogP contribution is -2.18. The zero-order valence-electron chi connectivity index (χ0n) is 10.9. The van der Waals surface area contributed by atoms with Crippen LogP contribution in [0.1, 0.15) is 25.8 Å². The van der Waals surface area contributed by atoms with Crippen molar-refractivity contribution in [2.24, 2.45) is 0 Å². The van der Waals surface area contributed by atoms with Gasteiger partial charge in [-0.2, -0.15) is 0 Å². The van der Waals surface area contributed by atoms with Gasteiger partial charge in [-0.25, -0.2) is 0 Å². The summed E-state index contributed by atoms with van der Waals surface area (Å²) in [6, 6.07) is 7.49. The maximum atomic E-state index is 11.2. The van der Waals surface area contributed by atoms with E-state index in [1.807, 2.05) is 31.2 Å². The van der Waals surface area contributed by atoms with Gasteiger partial charge in [0, 0.05) is 0 Å². The molecule has 1 rings (SSSR count). The first-order chi connectivity index (χ1) is 8.65. The number of aliphatic hydroxyl groups excluding tert-OH is 1. The average molecular weight is 252 g/mol. The molecule has 0 amide bonds. The molecule has 1 N–H and O–H groups in total. The number of benzene rings is 1. The Kier molecular flexibility index (Phi) is 6.22. The topological polar surface area (TPSA) is 55.8 Å². The van der Waals surface area contributed by atoms with Crippen molar-refractivity contribution in [3.63, 3.8) is 0 Å². The molecular weight excluding hydrogens is 232 g/mol. The second-order valence-corrected chi connectivity index (χ2v) is 3.94. The SMILES string of the molecule is CCOC(=O)C[C@@H](O)Cc1ccc(OCC)cc1. The van der Waals surface area contributed by atoms with Gasteiger partial charge >= 0.3 is 5.97 Å². The Bertz CT molecular complexity index is 359. The van der Waals surface area contributed by atoms with Gasteiger partial charge in [0.05, 0.1) is 25.7 Å². The monoisotopic (exact) mass is 252 g/mol. The molecule has 0 saturated heterocycles. The van der Waals surface area contributed by atoms with Gasteiger partial charge in [0.25, 0.3) is 0 Å². The predicted octanol–water partition coefficient (Wildman–Crippen LogP) is 1.94. The van der Waals surface area contributed by atoms with E-state index in [4.69, 9.17) is 9.47 Å². The highest BCUT2D eigenvalue weighted by Gasteiger charge is 2.12. The van der Waals surface area contributed by atoms with Gasteiger partial charge in [-0.1, -0.05) is 12.1 Å². The fraction of sp³-hybridized carbons (Fsp3) is 0.500. The molecule has 0 radical (unpaired) electrons. The molecule has 100 valence electrons. The Morgan fingerprint density at radius 3 is 2.44 bits per heavy atom.